The quantitative estimate of drug-likeness (QED) is 0.702. The second kappa shape index (κ2) is 7.61. The van der Waals surface area contributed by atoms with Crippen molar-refractivity contribution in [3.63, 3.8) is 0 Å². The molecular weight excluding hydrogens is 358 g/mol. The first kappa shape index (κ1) is 19.2. The fraction of sp³-hybridized carbons (Fsp3) is 0.273. The maximum Gasteiger partial charge on any atom is 0.272 e. The number of benzene rings is 2. The molecule has 0 atom stereocenters. The van der Waals surface area contributed by atoms with Crippen molar-refractivity contribution in [1.82, 2.24) is 0 Å². The lowest BCUT2D eigenvalue weighted by Crippen LogP contribution is -2.32. The number of nitrogens with zero attached hydrogens (tertiary/aromatic N) is 1. The van der Waals surface area contributed by atoms with Crippen molar-refractivity contribution < 1.29 is 14.3 Å². The fourth-order valence-electron chi connectivity index (χ4n) is 3.14. The molecule has 0 unspecified atom stereocenters. The molecule has 0 saturated heterocycles. The molecule has 140 valence electrons. The fourth-order valence-corrected chi connectivity index (χ4v) is 4.12. The van der Waals surface area contributed by atoms with E-state index in [4.69, 9.17) is 4.74 Å². The Morgan fingerprint density at radius 3 is 2.33 bits per heavy atom. The Bertz CT molecular complexity index is 946. The summed E-state index contributed by atoms with van der Waals surface area (Å²) in [5, 5.41) is 0.167. The zero-order valence-corrected chi connectivity index (χ0v) is 17.0. The Balaban J connectivity index is 2.19. The van der Waals surface area contributed by atoms with Gasteiger partial charge in [-0.05, 0) is 37.1 Å². The first-order valence-corrected chi connectivity index (χ1v) is 9.74. The number of hydrogen-bond donors (Lipinski definition) is 0. The highest BCUT2D eigenvalue weighted by Crippen LogP contribution is 2.43. The lowest BCUT2D eigenvalue weighted by Gasteiger charge is -2.19. The zero-order chi connectivity index (χ0) is 19.7. The number of ether oxygens (including phenoxy) is 1. The standard InChI is InChI=1S/C22H23NO3S/c1-13(2)27-20-19(16-10-6-7-12-18(16)26-5)21(24)23(22(20)25)17-11-8-9-14(3)15(17)4/h6-13H,1-5H3. The normalized spacial score (nSPS) is 14.5. The Kier molecular flexibility index (Phi) is 5.42. The third-order valence-electron chi connectivity index (χ3n) is 4.59. The molecule has 1 heterocycles. The average Bonchev–Trinajstić information content (AvgIpc) is 2.87. The number of carbonyl (C=O) groups is 2. The van der Waals surface area contributed by atoms with E-state index in [-0.39, 0.29) is 17.1 Å². The summed E-state index contributed by atoms with van der Waals surface area (Å²) in [5.74, 6) is 0.00739. The predicted molar refractivity (Wildman–Crippen MR) is 111 cm³/mol. The van der Waals surface area contributed by atoms with Gasteiger partial charge in [0.15, 0.2) is 0 Å². The number of thioether (sulfide) groups is 1. The molecule has 0 aliphatic carbocycles. The molecule has 1 aliphatic heterocycles. The first-order chi connectivity index (χ1) is 12.9. The van der Waals surface area contributed by atoms with Crippen molar-refractivity contribution in [2.75, 3.05) is 12.0 Å². The van der Waals surface area contributed by atoms with Crippen LogP contribution in [0.2, 0.25) is 0 Å². The van der Waals surface area contributed by atoms with E-state index in [1.807, 2.05) is 64.1 Å². The van der Waals surface area contributed by atoms with Gasteiger partial charge in [-0.2, -0.15) is 0 Å². The Morgan fingerprint density at radius 2 is 1.67 bits per heavy atom. The van der Waals surface area contributed by atoms with Crippen molar-refractivity contribution in [2.45, 2.75) is 32.9 Å². The summed E-state index contributed by atoms with van der Waals surface area (Å²) >= 11 is 1.42. The summed E-state index contributed by atoms with van der Waals surface area (Å²) in [6, 6.07) is 13.0. The highest BCUT2D eigenvalue weighted by molar-refractivity contribution is 8.04. The zero-order valence-electron chi connectivity index (χ0n) is 16.2. The molecule has 0 saturated carbocycles. The van der Waals surface area contributed by atoms with E-state index in [1.165, 1.54) is 16.7 Å². The molecule has 0 fully saturated rings. The molecule has 0 bridgehead atoms. The van der Waals surface area contributed by atoms with Gasteiger partial charge in [0.2, 0.25) is 0 Å². The monoisotopic (exact) mass is 381 g/mol. The molecule has 2 aromatic carbocycles. The first-order valence-electron chi connectivity index (χ1n) is 8.86. The molecular formula is C22H23NO3S. The molecule has 2 amide bonds. The highest BCUT2D eigenvalue weighted by atomic mass is 32.2. The lowest BCUT2D eigenvalue weighted by atomic mass is 10.0. The molecule has 0 N–H and O–H groups in total. The Hall–Kier alpha value is -2.53. The van der Waals surface area contributed by atoms with Crippen LogP contribution in [0.15, 0.2) is 47.4 Å². The van der Waals surface area contributed by atoms with Crippen LogP contribution >= 0.6 is 11.8 Å². The number of rotatable bonds is 5. The minimum atomic E-state index is -0.304. The maximum absolute atomic E-state index is 13.4. The van der Waals surface area contributed by atoms with E-state index in [1.54, 1.807) is 13.2 Å². The van der Waals surface area contributed by atoms with Gasteiger partial charge in [0.1, 0.15) is 5.75 Å². The van der Waals surface area contributed by atoms with Crippen LogP contribution in [-0.2, 0) is 9.59 Å². The lowest BCUT2D eigenvalue weighted by molar-refractivity contribution is -0.119. The van der Waals surface area contributed by atoms with Gasteiger partial charge in [-0.1, -0.05) is 44.2 Å². The van der Waals surface area contributed by atoms with Gasteiger partial charge < -0.3 is 4.74 Å². The molecule has 0 aromatic heterocycles. The van der Waals surface area contributed by atoms with Crippen LogP contribution in [0, 0.1) is 13.8 Å². The molecule has 0 radical (unpaired) electrons. The van der Waals surface area contributed by atoms with E-state index in [2.05, 4.69) is 0 Å². The summed E-state index contributed by atoms with van der Waals surface area (Å²) in [4.78, 5) is 28.5. The number of methoxy groups -OCH3 is 1. The highest BCUT2D eigenvalue weighted by Gasteiger charge is 2.42. The van der Waals surface area contributed by atoms with Crippen molar-refractivity contribution >= 4 is 34.8 Å². The third kappa shape index (κ3) is 3.39. The van der Waals surface area contributed by atoms with Crippen LogP contribution in [-0.4, -0.2) is 24.2 Å². The molecule has 3 rings (SSSR count). The molecule has 27 heavy (non-hydrogen) atoms. The molecule has 2 aromatic rings. The minimum absolute atomic E-state index is 0.167. The minimum Gasteiger partial charge on any atom is -0.496 e. The van der Waals surface area contributed by atoms with Gasteiger partial charge in [0.05, 0.1) is 23.3 Å². The van der Waals surface area contributed by atoms with Gasteiger partial charge in [-0.15, -0.1) is 11.8 Å². The third-order valence-corrected chi connectivity index (χ3v) is 5.67. The van der Waals surface area contributed by atoms with Crippen LogP contribution in [0.5, 0.6) is 5.75 Å². The number of anilines is 1. The van der Waals surface area contributed by atoms with Crippen molar-refractivity contribution in [1.29, 1.82) is 0 Å². The van der Waals surface area contributed by atoms with Crippen LogP contribution in [0.25, 0.3) is 5.57 Å². The van der Waals surface area contributed by atoms with Gasteiger partial charge in [-0.3, -0.25) is 9.59 Å². The van der Waals surface area contributed by atoms with E-state index in [9.17, 15) is 9.59 Å². The van der Waals surface area contributed by atoms with Gasteiger partial charge >= 0.3 is 0 Å². The summed E-state index contributed by atoms with van der Waals surface area (Å²) in [6.45, 7) is 7.93. The predicted octanol–water partition coefficient (Wildman–Crippen LogP) is 4.74. The van der Waals surface area contributed by atoms with Crippen LogP contribution in [0.3, 0.4) is 0 Å². The van der Waals surface area contributed by atoms with E-state index in [0.29, 0.717) is 27.5 Å². The number of para-hydroxylation sites is 1. The number of carbonyl (C=O) groups excluding carboxylic acids is 2. The Labute approximate surface area is 164 Å². The molecule has 5 heteroatoms. The van der Waals surface area contributed by atoms with Crippen molar-refractivity contribution in [3.8, 4) is 5.75 Å². The van der Waals surface area contributed by atoms with Crippen LogP contribution in [0.1, 0.15) is 30.5 Å². The number of amides is 2. The smallest absolute Gasteiger partial charge is 0.272 e. The SMILES string of the molecule is COc1ccccc1C1=C(SC(C)C)C(=O)N(c2cccc(C)c2C)C1=O. The van der Waals surface area contributed by atoms with Gasteiger partial charge in [0, 0.05) is 10.8 Å². The van der Waals surface area contributed by atoms with Crippen molar-refractivity contribution in [3.05, 3.63) is 64.1 Å². The second-order valence-electron chi connectivity index (χ2n) is 6.74. The van der Waals surface area contributed by atoms with E-state index < -0.39 is 0 Å². The van der Waals surface area contributed by atoms with E-state index >= 15 is 0 Å². The topological polar surface area (TPSA) is 46.6 Å². The van der Waals surface area contributed by atoms with Crippen LogP contribution < -0.4 is 9.64 Å². The van der Waals surface area contributed by atoms with Crippen LogP contribution in [0.4, 0.5) is 5.69 Å². The summed E-state index contributed by atoms with van der Waals surface area (Å²) in [7, 11) is 1.57. The average molecular weight is 381 g/mol. The number of hydrogen-bond acceptors (Lipinski definition) is 4. The Morgan fingerprint density at radius 1 is 0.963 bits per heavy atom. The molecule has 0 spiro atoms. The summed E-state index contributed by atoms with van der Waals surface area (Å²) in [5.41, 5.74) is 3.66. The van der Waals surface area contributed by atoms with Gasteiger partial charge in [-0.25, -0.2) is 4.90 Å². The molecule has 4 nitrogen and oxygen atoms in total. The molecule has 1 aliphatic rings. The maximum atomic E-state index is 13.4. The summed E-state index contributed by atoms with van der Waals surface area (Å²) in [6.07, 6.45) is 0. The summed E-state index contributed by atoms with van der Waals surface area (Å²) < 4.78 is 5.45. The second-order valence-corrected chi connectivity index (χ2v) is 8.32. The van der Waals surface area contributed by atoms with E-state index in [0.717, 1.165) is 11.1 Å². The number of aryl methyl sites for hydroxylation is 1. The van der Waals surface area contributed by atoms with Crippen molar-refractivity contribution in [2.24, 2.45) is 0 Å². The number of imide groups is 1. The largest absolute Gasteiger partial charge is 0.496 e. The van der Waals surface area contributed by atoms with Gasteiger partial charge in [0.25, 0.3) is 11.8 Å².